The molecule has 2 nitrogen and oxygen atoms in total. The third kappa shape index (κ3) is 5.47. The molecule has 0 aliphatic carbocycles. The van der Waals surface area contributed by atoms with Crippen LogP contribution >= 0.6 is 0 Å². The number of esters is 1. The Morgan fingerprint density at radius 1 is 1.75 bits per heavy atom. The van der Waals surface area contributed by atoms with E-state index in [0.29, 0.717) is 6.61 Å². The topological polar surface area (TPSA) is 26.3 Å². The van der Waals surface area contributed by atoms with Crippen molar-refractivity contribution in [1.82, 2.24) is 0 Å². The Labute approximate surface area is 51.3 Å². The van der Waals surface area contributed by atoms with Gasteiger partial charge in [0.05, 0.1) is 6.61 Å². The molecular formula is C6H13O2+. The predicted octanol–water partition coefficient (Wildman–Crippen LogP) is 1.46. The Morgan fingerprint density at radius 3 is 2.75 bits per heavy atom. The fraction of sp³-hybridized carbons (Fsp3) is 0.833. The second kappa shape index (κ2) is 4.62. The van der Waals surface area contributed by atoms with Gasteiger partial charge in [0.1, 0.15) is 0 Å². The molecule has 0 aliphatic heterocycles. The fourth-order valence-electron chi connectivity index (χ4n) is 0.360. The third-order valence-corrected chi connectivity index (χ3v) is 0.803. The van der Waals surface area contributed by atoms with Crippen molar-refractivity contribution in [1.29, 1.82) is 0 Å². The summed E-state index contributed by atoms with van der Waals surface area (Å²) in [6, 6.07) is 0. The van der Waals surface area contributed by atoms with Gasteiger partial charge in [-0.2, -0.15) is 0 Å². The zero-order valence-electron chi connectivity index (χ0n) is 6.44. The average molecular weight is 117 g/mol. The maximum atomic E-state index is 10.1. The van der Waals surface area contributed by atoms with Crippen LogP contribution < -0.4 is 0 Å². The molecule has 0 unspecified atom stereocenters. The highest BCUT2D eigenvalue weighted by molar-refractivity contribution is 5.65. The van der Waals surface area contributed by atoms with Crippen molar-refractivity contribution in [2.75, 3.05) is 6.61 Å². The van der Waals surface area contributed by atoms with Crippen molar-refractivity contribution >= 4 is 5.97 Å². The SMILES string of the molecule is CCCCOC(C)=O.[H+]. The molecule has 0 aliphatic rings. The van der Waals surface area contributed by atoms with E-state index in [9.17, 15) is 4.79 Å². The van der Waals surface area contributed by atoms with E-state index in [0.717, 1.165) is 12.8 Å². The van der Waals surface area contributed by atoms with E-state index in [2.05, 4.69) is 11.7 Å². The van der Waals surface area contributed by atoms with Crippen LogP contribution in [0, 0.1) is 0 Å². The normalized spacial score (nSPS) is 8.75. The molecule has 0 spiro atoms. The van der Waals surface area contributed by atoms with Crippen molar-refractivity contribution in [3.05, 3.63) is 0 Å². The summed E-state index contributed by atoms with van der Waals surface area (Å²) in [6.07, 6.45) is 2.05. The van der Waals surface area contributed by atoms with Crippen LogP contribution in [0.3, 0.4) is 0 Å². The molecule has 48 valence electrons. The van der Waals surface area contributed by atoms with Crippen LogP contribution in [-0.2, 0) is 9.53 Å². The molecule has 0 bridgehead atoms. The number of hydrogen-bond donors (Lipinski definition) is 0. The summed E-state index contributed by atoms with van der Waals surface area (Å²) in [6.45, 7) is 4.06. The van der Waals surface area contributed by atoms with Gasteiger partial charge in [-0.1, -0.05) is 13.3 Å². The third-order valence-electron chi connectivity index (χ3n) is 0.803. The van der Waals surface area contributed by atoms with Crippen LogP contribution in [-0.4, -0.2) is 12.6 Å². The Hall–Kier alpha value is -0.530. The first-order chi connectivity index (χ1) is 3.77. The Kier molecular flexibility index (Phi) is 4.32. The molecule has 0 aromatic rings. The lowest BCUT2D eigenvalue weighted by atomic mass is 10.4. The highest BCUT2D eigenvalue weighted by Crippen LogP contribution is 1.86. The number of carbonyl (C=O) groups excluding carboxylic acids is 1. The first kappa shape index (κ1) is 7.47. The van der Waals surface area contributed by atoms with Crippen LogP contribution in [0.1, 0.15) is 28.1 Å². The van der Waals surface area contributed by atoms with Gasteiger partial charge in [0.15, 0.2) is 0 Å². The van der Waals surface area contributed by atoms with Gasteiger partial charge in [-0.3, -0.25) is 4.79 Å². The van der Waals surface area contributed by atoms with Gasteiger partial charge < -0.3 is 4.74 Å². The van der Waals surface area contributed by atoms with Crippen molar-refractivity contribution in [3.8, 4) is 0 Å². The first-order valence-corrected chi connectivity index (χ1v) is 2.90. The minimum atomic E-state index is -0.182. The number of rotatable bonds is 3. The van der Waals surface area contributed by atoms with Crippen LogP contribution in [0.2, 0.25) is 0 Å². The number of ether oxygens (including phenoxy) is 1. The Bertz CT molecular complexity index is 73.5. The van der Waals surface area contributed by atoms with E-state index < -0.39 is 0 Å². The summed E-state index contributed by atoms with van der Waals surface area (Å²) in [7, 11) is 0. The molecule has 0 fully saturated rings. The molecule has 0 radical (unpaired) electrons. The molecule has 0 amide bonds. The van der Waals surface area contributed by atoms with Crippen molar-refractivity contribution in [2.45, 2.75) is 26.7 Å². The lowest BCUT2D eigenvalue weighted by molar-refractivity contribution is -0.141. The highest BCUT2D eigenvalue weighted by atomic mass is 16.5. The fourth-order valence-corrected chi connectivity index (χ4v) is 0.360. The van der Waals surface area contributed by atoms with Crippen LogP contribution in [0.4, 0.5) is 0 Å². The van der Waals surface area contributed by atoms with Crippen molar-refractivity contribution < 1.29 is 11.0 Å². The maximum Gasteiger partial charge on any atom is 1.00 e. The monoisotopic (exact) mass is 117 g/mol. The van der Waals surface area contributed by atoms with Gasteiger partial charge in [-0.05, 0) is 6.42 Å². The summed E-state index contributed by atoms with van der Waals surface area (Å²) in [5.74, 6) is -0.182. The minimum Gasteiger partial charge on any atom is -0.466 e. The predicted molar refractivity (Wildman–Crippen MR) is 32.7 cm³/mol. The van der Waals surface area contributed by atoms with Crippen LogP contribution in [0.5, 0.6) is 0 Å². The quantitative estimate of drug-likeness (QED) is 0.413. The van der Waals surface area contributed by atoms with E-state index >= 15 is 0 Å². The second-order valence-electron chi connectivity index (χ2n) is 1.69. The molecule has 0 saturated carbocycles. The second-order valence-corrected chi connectivity index (χ2v) is 1.69. The van der Waals surface area contributed by atoms with Gasteiger partial charge in [-0.15, -0.1) is 0 Å². The van der Waals surface area contributed by atoms with E-state index in [1.54, 1.807) is 0 Å². The molecule has 2 heteroatoms. The molecule has 0 N–H and O–H groups in total. The van der Waals surface area contributed by atoms with Gasteiger partial charge >= 0.3 is 7.40 Å². The van der Waals surface area contributed by atoms with E-state index in [1.807, 2.05) is 0 Å². The van der Waals surface area contributed by atoms with E-state index in [1.165, 1.54) is 6.92 Å². The van der Waals surface area contributed by atoms with Crippen LogP contribution in [0.15, 0.2) is 0 Å². The summed E-state index contributed by atoms with van der Waals surface area (Å²) >= 11 is 0. The molecule has 0 atom stereocenters. The van der Waals surface area contributed by atoms with Gasteiger partial charge in [0.2, 0.25) is 0 Å². The zero-order chi connectivity index (χ0) is 6.41. The van der Waals surface area contributed by atoms with Crippen molar-refractivity contribution in [3.63, 3.8) is 0 Å². The summed E-state index contributed by atoms with van der Waals surface area (Å²) in [4.78, 5) is 10.1. The smallest absolute Gasteiger partial charge is 0.466 e. The van der Waals surface area contributed by atoms with Gasteiger partial charge in [-0.25, -0.2) is 0 Å². The first-order valence-electron chi connectivity index (χ1n) is 2.90. The summed E-state index contributed by atoms with van der Waals surface area (Å²) < 4.78 is 4.64. The van der Waals surface area contributed by atoms with Gasteiger partial charge in [0, 0.05) is 6.92 Å². The number of hydrogen-bond acceptors (Lipinski definition) is 2. The number of carbonyl (C=O) groups is 1. The molecule has 0 aromatic carbocycles. The van der Waals surface area contributed by atoms with E-state index in [-0.39, 0.29) is 7.40 Å². The zero-order valence-corrected chi connectivity index (χ0v) is 5.44. The largest absolute Gasteiger partial charge is 1.00 e. The summed E-state index contributed by atoms with van der Waals surface area (Å²) in [5, 5.41) is 0. The Morgan fingerprint density at radius 2 is 2.38 bits per heavy atom. The van der Waals surface area contributed by atoms with Gasteiger partial charge in [0.25, 0.3) is 0 Å². The standard InChI is InChI=1S/C6H12O2/c1-3-4-5-8-6(2)7/h3-5H2,1-2H3/p+1. The molecule has 0 saturated heterocycles. The van der Waals surface area contributed by atoms with E-state index in [4.69, 9.17) is 0 Å². The lowest BCUT2D eigenvalue weighted by Gasteiger charge is -1.96. The molecule has 0 rings (SSSR count). The molecular weight excluding hydrogens is 104 g/mol. The molecule has 0 aromatic heterocycles. The Balaban J connectivity index is 0. The van der Waals surface area contributed by atoms with Crippen molar-refractivity contribution in [2.24, 2.45) is 0 Å². The van der Waals surface area contributed by atoms with Crippen LogP contribution in [0.25, 0.3) is 0 Å². The minimum absolute atomic E-state index is 0. The average Bonchev–Trinajstić information content (AvgIpc) is 1.66. The molecule has 8 heavy (non-hydrogen) atoms. The summed E-state index contributed by atoms with van der Waals surface area (Å²) in [5.41, 5.74) is 0. The lowest BCUT2D eigenvalue weighted by Crippen LogP contribution is -1.99. The number of unbranched alkanes of at least 4 members (excludes halogenated alkanes) is 1. The maximum absolute atomic E-state index is 10.1. The highest BCUT2D eigenvalue weighted by Gasteiger charge is 1.88. The molecule has 0 heterocycles.